The quantitative estimate of drug-likeness (QED) is 0.740. The monoisotopic (exact) mass is 238 g/mol. The molecule has 0 amide bonds. The Morgan fingerprint density at radius 2 is 1.92 bits per heavy atom. The van der Waals surface area contributed by atoms with Crippen molar-refractivity contribution >= 4 is 34.8 Å². The van der Waals surface area contributed by atoms with Gasteiger partial charge in [-0.1, -0.05) is 37.0 Å². The Morgan fingerprint density at radius 3 is 2.38 bits per heavy atom. The van der Waals surface area contributed by atoms with Crippen molar-refractivity contribution in [3.05, 3.63) is 21.9 Å². The maximum absolute atomic E-state index is 5.80. The highest BCUT2D eigenvalue weighted by atomic mass is 35.5. The predicted molar refractivity (Wildman–Crippen MR) is 55.8 cm³/mol. The van der Waals surface area contributed by atoms with Crippen molar-refractivity contribution in [2.45, 2.75) is 19.3 Å². The molecule has 0 saturated heterocycles. The molecule has 72 valence electrons. The second-order valence-corrected chi connectivity index (χ2v) is 4.42. The standard InChI is InChI=1S/C8H9Cl3N2/c1-8(2,4-9)6-3-5(10)7(11)13-12-6/h3H,4H2,1-2H3. The Labute approximate surface area is 92.2 Å². The molecule has 0 atom stereocenters. The maximum Gasteiger partial charge on any atom is 0.170 e. The van der Waals surface area contributed by atoms with Crippen LogP contribution in [0.1, 0.15) is 19.5 Å². The number of hydrogen-bond acceptors (Lipinski definition) is 2. The summed E-state index contributed by atoms with van der Waals surface area (Å²) in [5.41, 5.74) is 0.514. The summed E-state index contributed by atoms with van der Waals surface area (Å²) in [6.45, 7) is 3.93. The summed E-state index contributed by atoms with van der Waals surface area (Å²) >= 11 is 17.2. The maximum atomic E-state index is 5.80. The lowest BCUT2D eigenvalue weighted by atomic mass is 9.92. The smallest absolute Gasteiger partial charge is 0.153 e. The minimum atomic E-state index is -0.233. The van der Waals surface area contributed by atoms with E-state index in [-0.39, 0.29) is 10.6 Å². The van der Waals surface area contributed by atoms with Gasteiger partial charge in [-0.3, -0.25) is 0 Å². The third-order valence-corrected chi connectivity index (χ3v) is 3.07. The summed E-state index contributed by atoms with van der Waals surface area (Å²) in [7, 11) is 0. The van der Waals surface area contributed by atoms with Crippen LogP contribution in [-0.2, 0) is 5.41 Å². The second kappa shape index (κ2) is 3.99. The Bertz CT molecular complexity index is 312. The van der Waals surface area contributed by atoms with Gasteiger partial charge in [0.2, 0.25) is 0 Å². The molecule has 0 aromatic carbocycles. The molecular formula is C8H9Cl3N2. The van der Waals surface area contributed by atoms with Gasteiger partial charge in [-0.25, -0.2) is 0 Å². The average molecular weight is 240 g/mol. The van der Waals surface area contributed by atoms with E-state index in [1.165, 1.54) is 0 Å². The molecule has 0 N–H and O–H groups in total. The molecule has 13 heavy (non-hydrogen) atoms. The third-order valence-electron chi connectivity index (χ3n) is 1.73. The molecule has 0 radical (unpaired) electrons. The first kappa shape index (κ1) is 11.0. The third kappa shape index (κ3) is 2.46. The highest BCUT2D eigenvalue weighted by Crippen LogP contribution is 2.26. The second-order valence-electron chi connectivity index (χ2n) is 3.39. The molecule has 0 fully saturated rings. The lowest BCUT2D eigenvalue weighted by Gasteiger charge is -2.19. The molecule has 1 aromatic heterocycles. The highest BCUT2D eigenvalue weighted by Gasteiger charge is 2.22. The lowest BCUT2D eigenvalue weighted by Crippen LogP contribution is -2.21. The largest absolute Gasteiger partial charge is 0.170 e. The van der Waals surface area contributed by atoms with E-state index in [1.54, 1.807) is 6.07 Å². The number of nitrogens with zero attached hydrogens (tertiary/aromatic N) is 2. The summed E-state index contributed by atoms with van der Waals surface area (Å²) in [6, 6.07) is 1.69. The number of aromatic nitrogens is 2. The van der Waals surface area contributed by atoms with Crippen LogP contribution in [0, 0.1) is 0 Å². The minimum absolute atomic E-state index is 0.218. The summed E-state index contributed by atoms with van der Waals surface area (Å²) < 4.78 is 0. The van der Waals surface area contributed by atoms with Crippen LogP contribution in [0.4, 0.5) is 0 Å². The zero-order valence-corrected chi connectivity index (χ0v) is 9.58. The van der Waals surface area contributed by atoms with Gasteiger partial charge in [0.15, 0.2) is 5.15 Å². The fourth-order valence-electron chi connectivity index (χ4n) is 0.753. The number of halogens is 3. The normalized spacial score (nSPS) is 11.8. The fourth-order valence-corrected chi connectivity index (χ4v) is 1.12. The topological polar surface area (TPSA) is 25.8 Å². The van der Waals surface area contributed by atoms with Crippen molar-refractivity contribution < 1.29 is 0 Å². The summed E-state index contributed by atoms with van der Waals surface area (Å²) in [5, 5.41) is 8.27. The van der Waals surface area contributed by atoms with Crippen LogP contribution in [0.3, 0.4) is 0 Å². The van der Waals surface area contributed by atoms with Crippen LogP contribution < -0.4 is 0 Å². The van der Waals surface area contributed by atoms with Crippen LogP contribution in [-0.4, -0.2) is 16.1 Å². The first-order chi connectivity index (χ1) is 5.97. The van der Waals surface area contributed by atoms with E-state index in [0.29, 0.717) is 10.9 Å². The van der Waals surface area contributed by atoms with E-state index >= 15 is 0 Å². The van der Waals surface area contributed by atoms with Gasteiger partial charge in [0.25, 0.3) is 0 Å². The molecule has 2 nitrogen and oxygen atoms in total. The van der Waals surface area contributed by atoms with Crippen molar-refractivity contribution in [3.8, 4) is 0 Å². The Morgan fingerprint density at radius 1 is 1.31 bits per heavy atom. The predicted octanol–water partition coefficient (Wildman–Crippen LogP) is 3.30. The van der Waals surface area contributed by atoms with Crippen molar-refractivity contribution in [1.82, 2.24) is 10.2 Å². The minimum Gasteiger partial charge on any atom is -0.153 e. The molecule has 1 rings (SSSR count). The van der Waals surface area contributed by atoms with E-state index in [2.05, 4.69) is 10.2 Å². The van der Waals surface area contributed by atoms with Crippen LogP contribution in [0.2, 0.25) is 10.2 Å². The van der Waals surface area contributed by atoms with Crippen molar-refractivity contribution in [2.24, 2.45) is 0 Å². The van der Waals surface area contributed by atoms with E-state index < -0.39 is 0 Å². The Hall–Kier alpha value is -0.0500. The van der Waals surface area contributed by atoms with Gasteiger partial charge in [-0.2, -0.15) is 5.10 Å². The Kier molecular flexibility index (Phi) is 3.38. The van der Waals surface area contributed by atoms with Crippen LogP contribution >= 0.6 is 34.8 Å². The molecule has 1 aromatic rings. The summed E-state index contributed by atoms with van der Waals surface area (Å²) in [6.07, 6.45) is 0. The van der Waals surface area contributed by atoms with Gasteiger partial charge in [0.1, 0.15) is 0 Å². The van der Waals surface area contributed by atoms with Gasteiger partial charge in [0.05, 0.1) is 10.7 Å². The van der Waals surface area contributed by atoms with Gasteiger partial charge in [-0.05, 0) is 6.07 Å². The van der Waals surface area contributed by atoms with Gasteiger partial charge in [0, 0.05) is 11.3 Å². The SMILES string of the molecule is CC(C)(CCl)c1cc(Cl)c(Cl)nn1. The molecule has 0 aliphatic rings. The van der Waals surface area contributed by atoms with Gasteiger partial charge >= 0.3 is 0 Å². The lowest BCUT2D eigenvalue weighted by molar-refractivity contribution is 0.565. The molecular weight excluding hydrogens is 230 g/mol. The molecule has 5 heteroatoms. The number of hydrogen-bond donors (Lipinski definition) is 0. The molecule has 0 saturated carbocycles. The van der Waals surface area contributed by atoms with Gasteiger partial charge in [-0.15, -0.1) is 16.7 Å². The average Bonchev–Trinajstić information content (AvgIpc) is 2.09. The highest BCUT2D eigenvalue weighted by molar-refractivity contribution is 6.41. The van der Waals surface area contributed by atoms with Crippen LogP contribution in [0.5, 0.6) is 0 Å². The van der Waals surface area contributed by atoms with E-state index in [1.807, 2.05) is 13.8 Å². The van der Waals surface area contributed by atoms with E-state index in [0.717, 1.165) is 5.69 Å². The van der Waals surface area contributed by atoms with Crippen molar-refractivity contribution in [1.29, 1.82) is 0 Å². The van der Waals surface area contributed by atoms with Crippen LogP contribution in [0.15, 0.2) is 6.07 Å². The first-order valence-electron chi connectivity index (χ1n) is 3.72. The molecule has 0 aliphatic heterocycles. The number of rotatable bonds is 2. The zero-order chi connectivity index (χ0) is 10.1. The van der Waals surface area contributed by atoms with Crippen molar-refractivity contribution in [2.75, 3.05) is 5.88 Å². The van der Waals surface area contributed by atoms with Gasteiger partial charge < -0.3 is 0 Å². The Balaban J connectivity index is 3.10. The molecule has 0 unspecified atom stereocenters. The van der Waals surface area contributed by atoms with E-state index in [9.17, 15) is 0 Å². The fraction of sp³-hybridized carbons (Fsp3) is 0.500. The number of alkyl halides is 1. The molecule has 0 aliphatic carbocycles. The van der Waals surface area contributed by atoms with Crippen LogP contribution in [0.25, 0.3) is 0 Å². The van der Waals surface area contributed by atoms with E-state index in [4.69, 9.17) is 34.8 Å². The summed E-state index contributed by atoms with van der Waals surface area (Å²) in [5.74, 6) is 0.458. The zero-order valence-electron chi connectivity index (χ0n) is 7.31. The first-order valence-corrected chi connectivity index (χ1v) is 5.01. The van der Waals surface area contributed by atoms with Crippen molar-refractivity contribution in [3.63, 3.8) is 0 Å². The summed E-state index contributed by atoms with van der Waals surface area (Å²) in [4.78, 5) is 0. The molecule has 0 bridgehead atoms. The molecule has 0 spiro atoms. The molecule has 1 heterocycles.